The van der Waals surface area contributed by atoms with Gasteiger partial charge in [-0.2, -0.15) is 5.26 Å². The summed E-state index contributed by atoms with van der Waals surface area (Å²) >= 11 is 1.37. The van der Waals surface area contributed by atoms with Gasteiger partial charge in [-0.3, -0.25) is 10.1 Å². The number of nitrogens with zero attached hydrogens (tertiary/aromatic N) is 3. The Bertz CT molecular complexity index is 956. The molecular weight excluding hydrogens is 322 g/mol. The number of thiazole rings is 1. The lowest BCUT2D eigenvalue weighted by Crippen LogP contribution is -1.88. The third kappa shape index (κ3) is 3.37. The van der Waals surface area contributed by atoms with Crippen molar-refractivity contribution >= 4 is 28.7 Å². The van der Waals surface area contributed by atoms with Gasteiger partial charge in [-0.15, -0.1) is 11.3 Å². The Hall–Kier alpha value is -3.30. The number of benzene rings is 2. The van der Waals surface area contributed by atoms with Crippen molar-refractivity contribution in [2.75, 3.05) is 0 Å². The lowest BCUT2D eigenvalue weighted by Gasteiger charge is -1.97. The summed E-state index contributed by atoms with van der Waals surface area (Å²) in [6.45, 7) is 0. The summed E-state index contributed by atoms with van der Waals surface area (Å²) in [5.41, 5.74) is 2.74. The number of non-ortho nitro benzene ring substituents is 1. The molecule has 5 nitrogen and oxygen atoms in total. The van der Waals surface area contributed by atoms with Gasteiger partial charge >= 0.3 is 0 Å². The summed E-state index contributed by atoms with van der Waals surface area (Å²) in [4.78, 5) is 14.9. The van der Waals surface area contributed by atoms with Gasteiger partial charge in [0.2, 0.25) is 0 Å². The highest BCUT2D eigenvalue weighted by Gasteiger charge is 2.10. The van der Waals surface area contributed by atoms with E-state index in [1.807, 2.05) is 35.7 Å². The second-order valence-corrected chi connectivity index (χ2v) is 5.78. The van der Waals surface area contributed by atoms with Crippen LogP contribution in [0.15, 0.2) is 60.0 Å². The van der Waals surface area contributed by atoms with Crippen LogP contribution < -0.4 is 0 Å². The maximum absolute atomic E-state index is 10.8. The van der Waals surface area contributed by atoms with Gasteiger partial charge in [-0.1, -0.05) is 42.5 Å². The maximum atomic E-state index is 10.8. The van der Waals surface area contributed by atoms with Gasteiger partial charge in [0.15, 0.2) is 0 Å². The first-order valence-electron chi connectivity index (χ1n) is 7.05. The number of allylic oxidation sites excluding steroid dienone is 1. The van der Waals surface area contributed by atoms with Gasteiger partial charge < -0.3 is 0 Å². The van der Waals surface area contributed by atoms with Gasteiger partial charge in [0.1, 0.15) is 11.1 Å². The molecule has 0 saturated carbocycles. The molecule has 3 aromatic rings. The van der Waals surface area contributed by atoms with Crippen molar-refractivity contribution in [2.24, 2.45) is 0 Å². The van der Waals surface area contributed by atoms with E-state index in [1.54, 1.807) is 18.2 Å². The molecule has 2 aromatic carbocycles. The van der Waals surface area contributed by atoms with Gasteiger partial charge in [-0.05, 0) is 11.6 Å². The summed E-state index contributed by atoms with van der Waals surface area (Å²) in [6.07, 6.45) is 1.61. The van der Waals surface area contributed by atoms with Crippen LogP contribution in [0.1, 0.15) is 10.6 Å². The number of rotatable bonds is 4. The fourth-order valence-electron chi connectivity index (χ4n) is 2.18. The zero-order valence-corrected chi connectivity index (χ0v) is 13.2. The Morgan fingerprint density at radius 3 is 2.71 bits per heavy atom. The van der Waals surface area contributed by atoms with Gasteiger partial charge in [0.05, 0.1) is 16.2 Å². The van der Waals surface area contributed by atoms with Gasteiger partial charge in [-0.25, -0.2) is 4.98 Å². The number of nitro groups is 1. The van der Waals surface area contributed by atoms with E-state index < -0.39 is 4.92 Å². The minimum Gasteiger partial charge on any atom is -0.258 e. The van der Waals surface area contributed by atoms with Crippen LogP contribution in [0.25, 0.3) is 22.9 Å². The van der Waals surface area contributed by atoms with Crippen LogP contribution in [0.3, 0.4) is 0 Å². The van der Waals surface area contributed by atoms with Crippen LogP contribution in [0.5, 0.6) is 0 Å². The normalized spacial score (nSPS) is 11.0. The van der Waals surface area contributed by atoms with E-state index in [0.29, 0.717) is 16.1 Å². The average Bonchev–Trinajstić information content (AvgIpc) is 3.10. The number of hydrogen-bond acceptors (Lipinski definition) is 5. The molecule has 0 atom stereocenters. The molecule has 0 aliphatic heterocycles. The Balaban J connectivity index is 1.95. The Labute approximate surface area is 142 Å². The van der Waals surface area contributed by atoms with Crippen molar-refractivity contribution in [1.29, 1.82) is 5.26 Å². The third-order valence-electron chi connectivity index (χ3n) is 3.32. The van der Waals surface area contributed by atoms with Crippen molar-refractivity contribution < 1.29 is 4.92 Å². The quantitative estimate of drug-likeness (QED) is 0.391. The van der Waals surface area contributed by atoms with Crippen molar-refractivity contribution in [3.05, 3.63) is 80.7 Å². The van der Waals surface area contributed by atoms with E-state index in [-0.39, 0.29) is 5.69 Å². The molecule has 24 heavy (non-hydrogen) atoms. The molecule has 1 aromatic heterocycles. The number of nitriles is 1. The molecule has 3 rings (SSSR count). The lowest BCUT2D eigenvalue weighted by molar-refractivity contribution is -0.384. The molecule has 0 bridgehead atoms. The molecule has 0 aliphatic carbocycles. The number of hydrogen-bond donors (Lipinski definition) is 0. The smallest absolute Gasteiger partial charge is 0.258 e. The van der Waals surface area contributed by atoms with E-state index in [1.165, 1.54) is 23.5 Å². The van der Waals surface area contributed by atoms with Gasteiger partial charge in [0, 0.05) is 23.1 Å². The summed E-state index contributed by atoms with van der Waals surface area (Å²) in [7, 11) is 0. The van der Waals surface area contributed by atoms with Crippen LogP contribution in [0.4, 0.5) is 5.69 Å². The minimum absolute atomic E-state index is 0.00912. The number of nitro benzene ring substituents is 1. The standard InChI is InChI=1S/C18H11N3O2S/c19-11-15(9-13-5-4-8-16(10-13)21(22)23)18-20-17(12-24-18)14-6-2-1-3-7-14/h1-10,12H/b15-9+. The first-order chi connectivity index (χ1) is 11.7. The average molecular weight is 333 g/mol. The van der Waals surface area contributed by atoms with Crippen molar-refractivity contribution in [3.63, 3.8) is 0 Å². The minimum atomic E-state index is -0.458. The van der Waals surface area contributed by atoms with E-state index in [0.717, 1.165) is 11.3 Å². The highest BCUT2D eigenvalue weighted by Crippen LogP contribution is 2.27. The fraction of sp³-hybridized carbons (Fsp3) is 0. The number of aromatic nitrogens is 1. The van der Waals surface area contributed by atoms with Crippen LogP contribution in [0.2, 0.25) is 0 Å². The first kappa shape index (κ1) is 15.6. The monoisotopic (exact) mass is 333 g/mol. The van der Waals surface area contributed by atoms with Crippen molar-refractivity contribution in [1.82, 2.24) is 4.98 Å². The van der Waals surface area contributed by atoms with Crippen LogP contribution in [-0.4, -0.2) is 9.91 Å². The van der Waals surface area contributed by atoms with Crippen LogP contribution in [-0.2, 0) is 0 Å². The van der Waals surface area contributed by atoms with E-state index in [2.05, 4.69) is 11.1 Å². The zero-order valence-electron chi connectivity index (χ0n) is 12.4. The largest absolute Gasteiger partial charge is 0.270 e. The summed E-state index contributed by atoms with van der Waals surface area (Å²) in [5, 5.41) is 22.7. The summed E-state index contributed by atoms with van der Waals surface area (Å²) < 4.78 is 0. The molecule has 0 radical (unpaired) electrons. The van der Waals surface area contributed by atoms with Gasteiger partial charge in [0.25, 0.3) is 5.69 Å². The predicted molar refractivity (Wildman–Crippen MR) is 94.1 cm³/mol. The topological polar surface area (TPSA) is 79.8 Å². The second kappa shape index (κ2) is 6.86. The highest BCUT2D eigenvalue weighted by molar-refractivity contribution is 7.11. The zero-order chi connectivity index (χ0) is 16.9. The molecule has 0 unspecified atom stereocenters. The molecule has 0 saturated heterocycles. The molecule has 0 fully saturated rings. The molecule has 0 aliphatic rings. The van der Waals surface area contributed by atoms with Crippen molar-refractivity contribution in [3.8, 4) is 17.3 Å². The molecule has 1 heterocycles. The third-order valence-corrected chi connectivity index (χ3v) is 4.19. The Kier molecular flexibility index (Phi) is 4.45. The summed E-state index contributed by atoms with van der Waals surface area (Å²) in [6, 6.07) is 18.0. The van der Waals surface area contributed by atoms with Crippen LogP contribution in [0, 0.1) is 21.4 Å². The molecule has 6 heteroatoms. The van der Waals surface area contributed by atoms with E-state index in [9.17, 15) is 15.4 Å². The molecular formula is C18H11N3O2S. The SMILES string of the molecule is N#C/C(=C\c1cccc([N+](=O)[O-])c1)c1nc(-c2ccccc2)cs1. The highest BCUT2D eigenvalue weighted by atomic mass is 32.1. The predicted octanol–water partition coefficient (Wildman–Crippen LogP) is 4.78. The van der Waals surface area contributed by atoms with E-state index >= 15 is 0 Å². The molecule has 0 amide bonds. The lowest BCUT2D eigenvalue weighted by atomic mass is 10.1. The first-order valence-corrected chi connectivity index (χ1v) is 7.93. The van der Waals surface area contributed by atoms with E-state index in [4.69, 9.17) is 0 Å². The molecule has 0 spiro atoms. The maximum Gasteiger partial charge on any atom is 0.270 e. The summed E-state index contributed by atoms with van der Waals surface area (Å²) in [5.74, 6) is 0. The Morgan fingerprint density at radius 1 is 1.21 bits per heavy atom. The molecule has 116 valence electrons. The fourth-order valence-corrected chi connectivity index (χ4v) is 2.97. The van der Waals surface area contributed by atoms with Crippen LogP contribution >= 0.6 is 11.3 Å². The Morgan fingerprint density at radius 2 is 2.00 bits per heavy atom. The van der Waals surface area contributed by atoms with Crippen molar-refractivity contribution in [2.45, 2.75) is 0 Å². The second-order valence-electron chi connectivity index (χ2n) is 4.93. The molecule has 0 N–H and O–H groups in total.